The van der Waals surface area contributed by atoms with Crippen LogP contribution in [-0.2, 0) is 4.79 Å². The number of carbonyl (C=O) groups excluding carboxylic acids is 1. The first kappa shape index (κ1) is 11.4. The molecule has 1 aromatic carbocycles. The number of hydrogen-bond acceptors (Lipinski definition) is 2. The standard InChI is InChI=1S/C9H8F3NO2/c10-5-3-6(11)9(7(12)4-5)15-2-1-8(13)14/h3-4H,1-2H2,(H2,13,14). The summed E-state index contributed by atoms with van der Waals surface area (Å²) in [5.41, 5.74) is 4.79. The third-order valence-electron chi connectivity index (χ3n) is 1.56. The van der Waals surface area contributed by atoms with Gasteiger partial charge < -0.3 is 10.5 Å². The fourth-order valence-electron chi connectivity index (χ4n) is 0.921. The molecule has 0 radical (unpaired) electrons. The van der Waals surface area contributed by atoms with E-state index >= 15 is 0 Å². The lowest BCUT2D eigenvalue weighted by Gasteiger charge is -2.06. The van der Waals surface area contributed by atoms with Crippen molar-refractivity contribution in [2.45, 2.75) is 6.42 Å². The van der Waals surface area contributed by atoms with Crippen LogP contribution in [0.3, 0.4) is 0 Å². The number of carbonyl (C=O) groups is 1. The minimum absolute atomic E-state index is 0.170. The summed E-state index contributed by atoms with van der Waals surface area (Å²) < 4.78 is 42.9. The maximum absolute atomic E-state index is 12.9. The summed E-state index contributed by atoms with van der Waals surface area (Å²) in [6.45, 7) is -0.255. The second kappa shape index (κ2) is 4.68. The van der Waals surface area contributed by atoms with Gasteiger partial charge in [-0.3, -0.25) is 4.79 Å². The van der Waals surface area contributed by atoms with Gasteiger partial charge in [0.25, 0.3) is 0 Å². The molecule has 0 fully saturated rings. The average Bonchev–Trinajstić information content (AvgIpc) is 2.08. The zero-order valence-electron chi connectivity index (χ0n) is 7.60. The minimum Gasteiger partial charge on any atom is -0.487 e. The maximum Gasteiger partial charge on any atom is 0.220 e. The van der Waals surface area contributed by atoms with E-state index in [1.54, 1.807) is 0 Å². The van der Waals surface area contributed by atoms with Gasteiger partial charge in [0.15, 0.2) is 17.4 Å². The summed E-state index contributed by atoms with van der Waals surface area (Å²) >= 11 is 0. The lowest BCUT2D eigenvalue weighted by Crippen LogP contribution is -2.15. The van der Waals surface area contributed by atoms with Crippen LogP contribution >= 0.6 is 0 Å². The Bertz CT molecular complexity index is 359. The van der Waals surface area contributed by atoms with E-state index in [-0.39, 0.29) is 13.0 Å². The Morgan fingerprint density at radius 1 is 1.27 bits per heavy atom. The summed E-state index contributed by atoms with van der Waals surface area (Å²) in [6, 6.07) is 0.978. The summed E-state index contributed by atoms with van der Waals surface area (Å²) in [5, 5.41) is 0. The van der Waals surface area contributed by atoms with Crippen LogP contribution in [0.2, 0.25) is 0 Å². The van der Waals surface area contributed by atoms with E-state index in [0.717, 1.165) is 0 Å². The number of nitrogens with two attached hydrogens (primary N) is 1. The molecule has 0 atom stereocenters. The van der Waals surface area contributed by atoms with Crippen molar-refractivity contribution in [2.24, 2.45) is 5.73 Å². The number of hydrogen-bond donors (Lipinski definition) is 1. The highest BCUT2D eigenvalue weighted by Gasteiger charge is 2.12. The van der Waals surface area contributed by atoms with E-state index in [1.807, 2.05) is 0 Å². The van der Waals surface area contributed by atoms with Gasteiger partial charge in [-0.1, -0.05) is 0 Å². The molecule has 0 saturated carbocycles. The van der Waals surface area contributed by atoms with Crippen LogP contribution < -0.4 is 10.5 Å². The highest BCUT2D eigenvalue weighted by Crippen LogP contribution is 2.22. The smallest absolute Gasteiger partial charge is 0.220 e. The number of amides is 1. The monoisotopic (exact) mass is 219 g/mol. The topological polar surface area (TPSA) is 52.3 Å². The van der Waals surface area contributed by atoms with Crippen molar-refractivity contribution in [3.05, 3.63) is 29.6 Å². The highest BCUT2D eigenvalue weighted by molar-refractivity contribution is 5.73. The Kier molecular flexibility index (Phi) is 3.54. The molecule has 0 bridgehead atoms. The fourth-order valence-corrected chi connectivity index (χ4v) is 0.921. The third-order valence-corrected chi connectivity index (χ3v) is 1.56. The molecule has 0 aliphatic rings. The van der Waals surface area contributed by atoms with E-state index in [4.69, 9.17) is 5.73 Å². The van der Waals surface area contributed by atoms with Gasteiger partial charge in [-0.2, -0.15) is 0 Å². The van der Waals surface area contributed by atoms with E-state index in [0.29, 0.717) is 12.1 Å². The van der Waals surface area contributed by atoms with Gasteiger partial charge in [-0.25, -0.2) is 13.2 Å². The van der Waals surface area contributed by atoms with Crippen LogP contribution in [-0.4, -0.2) is 12.5 Å². The molecule has 0 spiro atoms. The molecule has 6 heteroatoms. The Morgan fingerprint density at radius 3 is 2.27 bits per heavy atom. The molecule has 1 amide bonds. The second-order valence-electron chi connectivity index (χ2n) is 2.76. The predicted octanol–water partition coefficient (Wildman–Crippen LogP) is 1.36. The first-order chi connectivity index (χ1) is 7.00. The molecule has 15 heavy (non-hydrogen) atoms. The van der Waals surface area contributed by atoms with Gasteiger partial charge in [0.05, 0.1) is 13.0 Å². The predicted molar refractivity (Wildman–Crippen MR) is 45.6 cm³/mol. The van der Waals surface area contributed by atoms with Crippen LogP contribution in [0.25, 0.3) is 0 Å². The zero-order valence-corrected chi connectivity index (χ0v) is 7.60. The number of halogens is 3. The summed E-state index contributed by atoms with van der Waals surface area (Å²) in [5.74, 6) is -4.71. The van der Waals surface area contributed by atoms with Crippen molar-refractivity contribution in [1.29, 1.82) is 0 Å². The zero-order chi connectivity index (χ0) is 11.4. The van der Waals surface area contributed by atoms with Gasteiger partial charge in [0.1, 0.15) is 5.82 Å². The summed E-state index contributed by atoms with van der Waals surface area (Å²) in [4.78, 5) is 10.3. The number of primary amides is 1. The quantitative estimate of drug-likeness (QED) is 0.831. The molecule has 1 rings (SSSR count). The van der Waals surface area contributed by atoms with Gasteiger partial charge >= 0.3 is 0 Å². The van der Waals surface area contributed by atoms with Gasteiger partial charge in [0.2, 0.25) is 5.91 Å². The lowest BCUT2D eigenvalue weighted by molar-refractivity contribution is -0.118. The molecular formula is C9H8F3NO2. The van der Waals surface area contributed by atoms with E-state index in [1.165, 1.54) is 0 Å². The summed E-state index contributed by atoms with van der Waals surface area (Å²) in [7, 11) is 0. The molecule has 82 valence electrons. The first-order valence-electron chi connectivity index (χ1n) is 4.06. The van der Waals surface area contributed by atoms with Crippen LogP contribution in [0.1, 0.15) is 6.42 Å². The molecule has 0 saturated heterocycles. The van der Waals surface area contributed by atoms with Crippen LogP contribution in [0.4, 0.5) is 13.2 Å². The molecule has 1 aromatic rings. The first-order valence-corrected chi connectivity index (χ1v) is 4.06. The largest absolute Gasteiger partial charge is 0.487 e. The van der Waals surface area contributed by atoms with Crippen LogP contribution in [0, 0.1) is 17.5 Å². The molecule has 3 nitrogen and oxygen atoms in total. The lowest BCUT2D eigenvalue weighted by atomic mass is 10.3. The number of ether oxygens (including phenoxy) is 1. The van der Waals surface area contributed by atoms with Crippen molar-refractivity contribution in [1.82, 2.24) is 0 Å². The summed E-state index contributed by atoms with van der Waals surface area (Å²) in [6.07, 6.45) is -0.170. The van der Waals surface area contributed by atoms with E-state index < -0.39 is 29.1 Å². The van der Waals surface area contributed by atoms with Crippen molar-refractivity contribution >= 4 is 5.91 Å². The van der Waals surface area contributed by atoms with Crippen molar-refractivity contribution in [3.8, 4) is 5.75 Å². The number of rotatable bonds is 4. The van der Waals surface area contributed by atoms with Gasteiger partial charge in [-0.15, -0.1) is 0 Å². The van der Waals surface area contributed by atoms with Crippen molar-refractivity contribution in [2.75, 3.05) is 6.61 Å². The Labute approximate surface area is 83.6 Å². The molecule has 0 aliphatic heterocycles. The van der Waals surface area contributed by atoms with Gasteiger partial charge in [-0.05, 0) is 0 Å². The molecule has 0 aliphatic carbocycles. The minimum atomic E-state index is -1.16. The second-order valence-corrected chi connectivity index (χ2v) is 2.76. The van der Waals surface area contributed by atoms with Gasteiger partial charge in [0, 0.05) is 12.1 Å². The molecular weight excluding hydrogens is 211 g/mol. The third kappa shape index (κ3) is 3.16. The molecule has 0 aromatic heterocycles. The highest BCUT2D eigenvalue weighted by atomic mass is 19.1. The van der Waals surface area contributed by atoms with E-state index in [9.17, 15) is 18.0 Å². The Hall–Kier alpha value is -1.72. The fraction of sp³-hybridized carbons (Fsp3) is 0.222. The molecule has 0 unspecified atom stereocenters. The molecule has 2 N–H and O–H groups in total. The van der Waals surface area contributed by atoms with Crippen molar-refractivity contribution in [3.63, 3.8) is 0 Å². The average molecular weight is 219 g/mol. The Balaban J connectivity index is 2.72. The normalized spacial score (nSPS) is 10.1. The van der Waals surface area contributed by atoms with Crippen LogP contribution in [0.15, 0.2) is 12.1 Å². The maximum atomic E-state index is 12.9. The number of benzene rings is 1. The van der Waals surface area contributed by atoms with E-state index in [2.05, 4.69) is 4.74 Å². The Morgan fingerprint density at radius 2 is 1.80 bits per heavy atom. The molecule has 0 heterocycles. The van der Waals surface area contributed by atoms with Crippen LogP contribution in [0.5, 0.6) is 5.75 Å². The SMILES string of the molecule is NC(=O)CCOc1c(F)cc(F)cc1F. The van der Waals surface area contributed by atoms with Crippen molar-refractivity contribution < 1.29 is 22.7 Å².